The van der Waals surface area contributed by atoms with Crippen molar-refractivity contribution in [3.8, 4) is 11.1 Å². The summed E-state index contributed by atoms with van der Waals surface area (Å²) in [4.78, 5) is 33.1. The molecular formula is C28H22F8N4O3S. The van der Waals surface area contributed by atoms with E-state index in [0.717, 1.165) is 30.0 Å². The van der Waals surface area contributed by atoms with Crippen LogP contribution in [0.5, 0.6) is 0 Å². The molecule has 3 aromatic rings. The zero-order valence-electron chi connectivity index (χ0n) is 22.5. The molecule has 44 heavy (non-hydrogen) atoms. The van der Waals surface area contributed by atoms with E-state index in [2.05, 4.69) is 4.98 Å². The molecule has 2 saturated heterocycles. The third-order valence-corrected chi connectivity index (χ3v) is 8.86. The van der Waals surface area contributed by atoms with Crippen LogP contribution < -0.4 is 10.6 Å². The summed E-state index contributed by atoms with van der Waals surface area (Å²) >= 11 is 1.00. The molecule has 2 atom stereocenters. The van der Waals surface area contributed by atoms with Gasteiger partial charge in [0.25, 0.3) is 0 Å². The molecule has 6 rings (SSSR count). The molecule has 7 nitrogen and oxygen atoms in total. The Morgan fingerprint density at radius 2 is 1.82 bits per heavy atom. The largest absolute Gasteiger partial charge is 0.417 e. The molecule has 0 N–H and O–H groups in total. The van der Waals surface area contributed by atoms with E-state index in [4.69, 9.17) is 4.74 Å². The maximum atomic E-state index is 15.0. The molecule has 3 aliphatic heterocycles. The standard InChI is InChI=1S/C28H22F8N4O3S/c29-14-1-2-17(20(30)9-14)22-19(28(34,35)36)10-18-23-24(22)44-8-6-39(23)26(42)37-25(18)38-11-15-4-7-43-13-16(12-38)40(15)21(41)3-5-27(31,32)33/h1-3,5,9-10,15-16H,4,6-8,11-13H2/b5-3+. The molecule has 0 saturated carbocycles. The fourth-order valence-corrected chi connectivity index (χ4v) is 7.25. The van der Waals surface area contributed by atoms with Gasteiger partial charge in [-0.1, -0.05) is 0 Å². The average molecular weight is 647 g/mol. The summed E-state index contributed by atoms with van der Waals surface area (Å²) in [6.07, 6.45) is -9.22. The number of carbonyl (C=O) groups is 1. The van der Waals surface area contributed by atoms with E-state index in [0.29, 0.717) is 12.1 Å². The lowest BCUT2D eigenvalue weighted by Crippen LogP contribution is -2.61. The fourth-order valence-electron chi connectivity index (χ4n) is 6.05. The monoisotopic (exact) mass is 646 g/mol. The highest BCUT2D eigenvalue weighted by Gasteiger charge is 2.42. The van der Waals surface area contributed by atoms with Gasteiger partial charge in [0, 0.05) is 71.6 Å². The van der Waals surface area contributed by atoms with Crippen LogP contribution in [-0.2, 0) is 22.3 Å². The molecule has 0 spiro atoms. The van der Waals surface area contributed by atoms with Gasteiger partial charge in [-0.15, -0.1) is 11.8 Å². The number of hydrogen-bond donors (Lipinski definition) is 0. The third kappa shape index (κ3) is 5.53. The lowest BCUT2D eigenvalue weighted by atomic mass is 9.95. The smallest absolute Gasteiger partial charge is 0.379 e. The molecule has 1 aromatic heterocycles. The first-order chi connectivity index (χ1) is 20.7. The average Bonchev–Trinajstić information content (AvgIpc) is 3.07. The summed E-state index contributed by atoms with van der Waals surface area (Å²) in [6.45, 7) is 0.102. The van der Waals surface area contributed by atoms with E-state index in [1.54, 1.807) is 4.90 Å². The number of fused-ring (bicyclic) bond motifs is 2. The van der Waals surface area contributed by atoms with E-state index >= 15 is 0 Å². The minimum Gasteiger partial charge on any atom is -0.379 e. The van der Waals surface area contributed by atoms with Gasteiger partial charge in [0.05, 0.1) is 29.8 Å². The summed E-state index contributed by atoms with van der Waals surface area (Å²) in [7, 11) is 0. The number of halogens is 8. The van der Waals surface area contributed by atoms with Crippen LogP contribution >= 0.6 is 11.8 Å². The van der Waals surface area contributed by atoms with Crippen molar-refractivity contribution >= 4 is 34.4 Å². The summed E-state index contributed by atoms with van der Waals surface area (Å²) in [5.74, 6) is -2.98. The van der Waals surface area contributed by atoms with Crippen molar-refractivity contribution in [1.29, 1.82) is 0 Å². The molecule has 234 valence electrons. The number of piperazine rings is 1. The van der Waals surface area contributed by atoms with E-state index < -0.39 is 64.4 Å². The minimum atomic E-state index is -4.99. The highest BCUT2D eigenvalue weighted by atomic mass is 32.2. The van der Waals surface area contributed by atoms with E-state index in [9.17, 15) is 44.7 Å². The van der Waals surface area contributed by atoms with Gasteiger partial charge in [0.1, 0.15) is 17.5 Å². The molecule has 2 bridgehead atoms. The molecule has 16 heteroatoms. The van der Waals surface area contributed by atoms with Crippen LogP contribution in [0.2, 0.25) is 0 Å². The summed E-state index contributed by atoms with van der Waals surface area (Å²) in [6, 6.07) is 1.56. The van der Waals surface area contributed by atoms with Crippen LogP contribution in [0.15, 0.2) is 46.1 Å². The number of rotatable bonds is 3. The first kappa shape index (κ1) is 30.4. The molecule has 4 heterocycles. The van der Waals surface area contributed by atoms with Crippen molar-refractivity contribution in [3.05, 3.63) is 64.1 Å². The topological polar surface area (TPSA) is 67.7 Å². The SMILES string of the molecule is O=C(/C=C/C(F)(F)F)N1C2CCOCC1CN(c1nc(=O)n3c4c(c(-c5ccc(F)cc5F)c(C(F)(F)F)cc14)SCC3)C2. The Morgan fingerprint density at radius 3 is 2.52 bits per heavy atom. The number of hydrogen-bond acceptors (Lipinski definition) is 6. The van der Waals surface area contributed by atoms with E-state index in [-0.39, 0.29) is 72.7 Å². The number of aryl methyl sites for hydroxylation is 1. The van der Waals surface area contributed by atoms with Crippen molar-refractivity contribution in [2.45, 2.75) is 42.3 Å². The Labute approximate surface area is 248 Å². The van der Waals surface area contributed by atoms with Gasteiger partial charge in [-0.2, -0.15) is 31.3 Å². The maximum Gasteiger partial charge on any atom is 0.417 e. The molecule has 0 aliphatic carbocycles. The minimum absolute atomic E-state index is 0.0146. The number of nitrogens with zero attached hydrogens (tertiary/aromatic N) is 4. The Balaban J connectivity index is 1.52. The van der Waals surface area contributed by atoms with E-state index in [1.165, 1.54) is 9.47 Å². The quantitative estimate of drug-likeness (QED) is 0.281. The number of anilines is 1. The zero-order valence-corrected chi connectivity index (χ0v) is 23.3. The van der Waals surface area contributed by atoms with Crippen molar-refractivity contribution in [2.24, 2.45) is 0 Å². The van der Waals surface area contributed by atoms with Crippen molar-refractivity contribution in [2.75, 3.05) is 37.0 Å². The Morgan fingerprint density at radius 1 is 1.07 bits per heavy atom. The molecule has 2 fully saturated rings. The van der Waals surface area contributed by atoms with Gasteiger partial charge in [-0.3, -0.25) is 9.36 Å². The predicted octanol–water partition coefficient (Wildman–Crippen LogP) is 5.39. The summed E-state index contributed by atoms with van der Waals surface area (Å²) in [5.41, 5.74) is -2.87. The van der Waals surface area contributed by atoms with Gasteiger partial charge in [0.2, 0.25) is 5.91 Å². The molecule has 0 radical (unpaired) electrons. The fraction of sp³-hybridized carbons (Fsp3) is 0.393. The molecule has 1 amide bonds. The number of ether oxygens (including phenoxy) is 1. The summed E-state index contributed by atoms with van der Waals surface area (Å²) < 4.78 is 118. The van der Waals surface area contributed by atoms with Crippen molar-refractivity contribution in [1.82, 2.24) is 14.5 Å². The second-order valence-electron chi connectivity index (χ2n) is 10.6. The van der Waals surface area contributed by atoms with Crippen molar-refractivity contribution < 1.29 is 44.7 Å². The number of thioether (sulfide) groups is 1. The highest BCUT2D eigenvalue weighted by molar-refractivity contribution is 7.99. The lowest BCUT2D eigenvalue weighted by Gasteiger charge is -2.45. The lowest BCUT2D eigenvalue weighted by molar-refractivity contribution is -0.137. The molecule has 2 aromatic carbocycles. The van der Waals surface area contributed by atoms with Gasteiger partial charge < -0.3 is 14.5 Å². The van der Waals surface area contributed by atoms with Crippen LogP contribution in [-0.4, -0.2) is 70.7 Å². The second kappa shape index (κ2) is 11.1. The van der Waals surface area contributed by atoms with Gasteiger partial charge >= 0.3 is 18.0 Å². The van der Waals surface area contributed by atoms with Crippen LogP contribution in [0.3, 0.4) is 0 Å². The van der Waals surface area contributed by atoms with Crippen LogP contribution in [0.4, 0.5) is 40.9 Å². The number of benzene rings is 2. The Bertz CT molecular complexity index is 1720. The first-order valence-electron chi connectivity index (χ1n) is 13.4. The Kier molecular flexibility index (Phi) is 7.63. The van der Waals surface area contributed by atoms with Crippen molar-refractivity contribution in [3.63, 3.8) is 0 Å². The second-order valence-corrected chi connectivity index (χ2v) is 11.7. The Hall–Kier alpha value is -3.66. The highest BCUT2D eigenvalue weighted by Crippen LogP contribution is 2.49. The number of amides is 1. The van der Waals surface area contributed by atoms with Crippen LogP contribution in [0, 0.1) is 11.6 Å². The first-order valence-corrected chi connectivity index (χ1v) is 14.4. The number of alkyl halides is 6. The number of allylic oxidation sites excluding steroid dienone is 1. The van der Waals surface area contributed by atoms with E-state index in [1.807, 2.05) is 0 Å². The molecular weight excluding hydrogens is 624 g/mol. The number of aromatic nitrogens is 2. The third-order valence-electron chi connectivity index (χ3n) is 7.79. The zero-order chi connectivity index (χ0) is 31.6. The number of carbonyl (C=O) groups excluding carboxylic acids is 1. The summed E-state index contributed by atoms with van der Waals surface area (Å²) in [5, 5.41) is -0.0418. The van der Waals surface area contributed by atoms with Crippen LogP contribution in [0.25, 0.3) is 22.0 Å². The van der Waals surface area contributed by atoms with Gasteiger partial charge in [-0.05, 0) is 24.6 Å². The maximum absolute atomic E-state index is 15.0. The molecule has 3 aliphatic rings. The molecule has 2 unspecified atom stereocenters. The predicted molar refractivity (Wildman–Crippen MR) is 144 cm³/mol. The normalized spacial score (nSPS) is 20.8. The van der Waals surface area contributed by atoms with Crippen LogP contribution in [0.1, 0.15) is 12.0 Å². The van der Waals surface area contributed by atoms with Gasteiger partial charge in [0.15, 0.2) is 0 Å². The van der Waals surface area contributed by atoms with Gasteiger partial charge in [-0.25, -0.2) is 13.6 Å².